The molecule has 2 heterocycles. The number of aromatic nitrogens is 2. The van der Waals surface area contributed by atoms with Crippen LogP contribution in [0, 0.1) is 0 Å². The summed E-state index contributed by atoms with van der Waals surface area (Å²) in [6.07, 6.45) is 0. The summed E-state index contributed by atoms with van der Waals surface area (Å²) in [5.41, 5.74) is 2.18. The van der Waals surface area contributed by atoms with Crippen LogP contribution in [-0.4, -0.2) is 24.5 Å². The first-order chi connectivity index (χ1) is 19.2. The molecule has 0 aliphatic rings. The predicted molar refractivity (Wildman–Crippen MR) is 170 cm³/mol. The Balaban J connectivity index is 1.70. The summed E-state index contributed by atoms with van der Waals surface area (Å²) in [6.45, 7) is 0. The summed E-state index contributed by atoms with van der Waals surface area (Å²) in [7, 11) is 0. The Morgan fingerprint density at radius 2 is 1.10 bits per heavy atom. The number of fused-ring (bicyclic) bond motifs is 10. The average Bonchev–Trinajstić information content (AvgIpc) is 3.41. The minimum absolute atomic E-state index is 1.01. The molecule has 0 spiro atoms. The van der Waals surface area contributed by atoms with Crippen molar-refractivity contribution in [3.05, 3.63) is 140 Å². The van der Waals surface area contributed by atoms with Gasteiger partial charge in [-0.05, 0) is 0 Å². The van der Waals surface area contributed by atoms with Gasteiger partial charge in [0, 0.05) is 0 Å². The van der Waals surface area contributed by atoms with Crippen LogP contribution in [0.4, 0.5) is 0 Å². The Bertz CT molecular complexity index is 2210. The van der Waals surface area contributed by atoms with E-state index in [1.54, 1.807) is 0 Å². The quantitative estimate of drug-likeness (QED) is 0.121. The molecule has 6 aromatic carbocycles. The molecule has 8 rings (SSSR count). The third-order valence-corrected chi connectivity index (χ3v) is 14.8. The number of hydrogen-bond donors (Lipinski definition) is 0. The molecule has 0 fully saturated rings. The summed E-state index contributed by atoms with van der Waals surface area (Å²) < 4.78 is 2.35. The first-order valence-electron chi connectivity index (χ1n) is 13.1. The molecule has 2 aromatic heterocycles. The van der Waals surface area contributed by atoms with Crippen LogP contribution < -0.4 is 15.9 Å². The van der Waals surface area contributed by atoms with Gasteiger partial charge in [-0.3, -0.25) is 0 Å². The van der Waals surface area contributed by atoms with E-state index in [1.165, 1.54) is 48.4 Å². The molecule has 0 saturated carbocycles. The van der Waals surface area contributed by atoms with Crippen molar-refractivity contribution in [1.29, 1.82) is 0 Å². The van der Waals surface area contributed by atoms with Crippen LogP contribution in [0.5, 0.6) is 0 Å². The molecule has 0 saturated heterocycles. The van der Waals surface area contributed by atoms with Gasteiger partial charge in [-0.15, -0.1) is 0 Å². The van der Waals surface area contributed by atoms with E-state index < -0.39 is 5.51 Å². The van der Waals surface area contributed by atoms with Crippen molar-refractivity contribution in [2.24, 2.45) is 0 Å². The van der Waals surface area contributed by atoms with E-state index in [4.69, 9.17) is 4.98 Å². The van der Waals surface area contributed by atoms with Crippen LogP contribution in [0.25, 0.3) is 49.1 Å². The molecule has 0 amide bonds. The van der Waals surface area contributed by atoms with Crippen molar-refractivity contribution in [3.8, 4) is 0 Å². The molecule has 0 aliphatic heterocycles. The Kier molecular flexibility index (Phi) is 5.15. The number of nitrogens with zero attached hydrogens (tertiary/aromatic N) is 2. The molecule has 8 aromatic rings. The summed E-state index contributed by atoms with van der Waals surface area (Å²) in [4.78, 5) is 5.28. The van der Waals surface area contributed by atoms with Crippen LogP contribution >= 0.6 is 5.51 Å². The molecule has 0 radical (unpaired) electrons. The van der Waals surface area contributed by atoms with E-state index in [9.17, 15) is 0 Å². The monoisotopic (exact) mass is 582 g/mol. The van der Waals surface area contributed by atoms with Crippen LogP contribution in [-0.2, 0) is 0 Å². The first-order valence-corrected chi connectivity index (χ1v) is 17.1. The van der Waals surface area contributed by atoms with E-state index in [-0.39, 0.29) is 0 Å². The van der Waals surface area contributed by atoms with Gasteiger partial charge < -0.3 is 0 Å². The van der Waals surface area contributed by atoms with Gasteiger partial charge in [-0.25, -0.2) is 0 Å². The molecule has 39 heavy (non-hydrogen) atoms. The van der Waals surface area contributed by atoms with Crippen molar-refractivity contribution in [1.82, 2.24) is 9.38 Å². The molecular formula is C35H23N2PSe. The fourth-order valence-corrected chi connectivity index (χ4v) is 11.5. The number of hydrogen-bond acceptors (Lipinski definition) is 1. The molecule has 0 bridgehead atoms. The van der Waals surface area contributed by atoms with Crippen molar-refractivity contribution < 1.29 is 0 Å². The molecule has 0 unspecified atom stereocenters. The molecular weight excluding hydrogens is 558 g/mol. The summed E-state index contributed by atoms with van der Waals surface area (Å²) >= 11 is 3.82. The molecule has 0 atom stereocenters. The molecule has 4 heteroatoms. The van der Waals surface area contributed by atoms with Crippen LogP contribution in [0.3, 0.4) is 0 Å². The van der Waals surface area contributed by atoms with Crippen LogP contribution in [0.1, 0.15) is 0 Å². The van der Waals surface area contributed by atoms with Gasteiger partial charge in [-0.2, -0.15) is 0 Å². The van der Waals surface area contributed by atoms with Gasteiger partial charge in [0.2, 0.25) is 0 Å². The van der Waals surface area contributed by atoms with E-state index in [1.807, 2.05) is 0 Å². The molecule has 184 valence electrons. The second kappa shape index (κ2) is 8.76. The van der Waals surface area contributed by atoms with E-state index in [0.717, 1.165) is 16.7 Å². The van der Waals surface area contributed by atoms with E-state index >= 15 is 0 Å². The zero-order valence-corrected chi connectivity index (χ0v) is 23.6. The SMILES string of the molecule is [Se]=P(c1ccccc1)(c1ccccc1)c1cc2ccccc2c2c1c1ccccc1n1c3ccccc3nc21. The first kappa shape index (κ1) is 22.9. The Morgan fingerprint density at radius 3 is 1.82 bits per heavy atom. The second-order valence-electron chi connectivity index (χ2n) is 9.92. The van der Waals surface area contributed by atoms with Crippen molar-refractivity contribution in [2.45, 2.75) is 0 Å². The van der Waals surface area contributed by atoms with Gasteiger partial charge in [0.05, 0.1) is 0 Å². The predicted octanol–water partition coefficient (Wildman–Crippen LogP) is 7.32. The summed E-state index contributed by atoms with van der Waals surface area (Å²) in [6, 6.07) is 50.5. The van der Waals surface area contributed by atoms with Crippen molar-refractivity contribution >= 4 is 85.6 Å². The zero-order valence-electron chi connectivity index (χ0n) is 21.0. The number of pyridine rings is 1. The van der Waals surface area contributed by atoms with Gasteiger partial charge >= 0.3 is 235 Å². The fourth-order valence-electron chi connectivity index (χ4n) is 6.11. The standard InChI is InChI=1S/C35H23N2PSe/c39-38(25-14-3-1-4-15-25,26-16-5-2-6-17-26)32-23-24-13-7-8-18-27(24)34-33(32)28-19-9-11-21-30(28)37-31-22-12-10-20-29(31)36-35(34)37/h1-23H. The molecule has 0 aliphatic carbocycles. The zero-order chi connectivity index (χ0) is 26.0. The van der Waals surface area contributed by atoms with Gasteiger partial charge in [0.1, 0.15) is 0 Å². The maximum absolute atomic E-state index is 5.28. The Hall–Kier alpha value is -4.00. The fraction of sp³-hybridized carbons (Fsp3) is 0. The molecule has 2 nitrogen and oxygen atoms in total. The van der Waals surface area contributed by atoms with Gasteiger partial charge in [0.25, 0.3) is 0 Å². The average molecular weight is 582 g/mol. The van der Waals surface area contributed by atoms with Crippen LogP contribution in [0.15, 0.2) is 140 Å². The van der Waals surface area contributed by atoms with E-state index in [0.29, 0.717) is 0 Å². The summed E-state index contributed by atoms with van der Waals surface area (Å²) in [5, 5.41) is 10.2. The normalized spacial score (nSPS) is 12.2. The Labute approximate surface area is 233 Å². The maximum atomic E-state index is 5.28. The number of benzene rings is 6. The van der Waals surface area contributed by atoms with Gasteiger partial charge in [-0.1, -0.05) is 0 Å². The van der Waals surface area contributed by atoms with Crippen LogP contribution in [0.2, 0.25) is 0 Å². The Morgan fingerprint density at radius 1 is 0.538 bits per heavy atom. The number of imidazole rings is 1. The number of rotatable bonds is 3. The van der Waals surface area contributed by atoms with Crippen molar-refractivity contribution in [3.63, 3.8) is 0 Å². The third kappa shape index (κ3) is 3.28. The molecule has 0 N–H and O–H groups in total. The third-order valence-electron chi connectivity index (χ3n) is 7.81. The summed E-state index contributed by atoms with van der Waals surface area (Å²) in [5.74, 6) is 0. The van der Waals surface area contributed by atoms with E-state index in [2.05, 4.69) is 159 Å². The number of para-hydroxylation sites is 3. The van der Waals surface area contributed by atoms with Crippen molar-refractivity contribution in [2.75, 3.05) is 0 Å². The minimum atomic E-state index is -2.16. The topological polar surface area (TPSA) is 17.3 Å². The second-order valence-corrected chi connectivity index (χ2v) is 16.1. The van der Waals surface area contributed by atoms with Gasteiger partial charge in [0.15, 0.2) is 0 Å².